The van der Waals surface area contributed by atoms with Crippen molar-refractivity contribution in [2.45, 2.75) is 32.2 Å². The zero-order chi connectivity index (χ0) is 15.9. The van der Waals surface area contributed by atoms with Crippen LogP contribution in [-0.2, 0) is 11.3 Å². The number of hydrogen-bond acceptors (Lipinski definition) is 2. The molecule has 0 aliphatic rings. The van der Waals surface area contributed by atoms with Gasteiger partial charge in [0.05, 0.1) is 5.92 Å². The van der Waals surface area contributed by atoms with Gasteiger partial charge in [0.2, 0.25) is 5.91 Å². The largest absolute Gasteiger partial charge is 0.351 e. The van der Waals surface area contributed by atoms with Crippen molar-refractivity contribution >= 4 is 18.3 Å². The highest BCUT2D eigenvalue weighted by Gasteiger charge is 2.18. The van der Waals surface area contributed by atoms with Crippen molar-refractivity contribution in [2.24, 2.45) is 5.73 Å². The lowest BCUT2D eigenvalue weighted by atomic mass is 9.98. The molecule has 1 atom stereocenters. The first-order valence-electron chi connectivity index (χ1n) is 7.73. The van der Waals surface area contributed by atoms with Crippen molar-refractivity contribution in [1.82, 2.24) is 5.32 Å². The van der Waals surface area contributed by atoms with Crippen molar-refractivity contribution in [1.29, 1.82) is 0 Å². The fourth-order valence-electron chi connectivity index (χ4n) is 2.41. The summed E-state index contributed by atoms with van der Waals surface area (Å²) in [5.74, 6) is 0.195. The number of hydrogen-bond donors (Lipinski definition) is 2. The molecule has 1 amide bonds. The van der Waals surface area contributed by atoms with E-state index in [0.29, 0.717) is 19.0 Å². The van der Waals surface area contributed by atoms with Crippen LogP contribution in [0.15, 0.2) is 54.6 Å². The van der Waals surface area contributed by atoms with Crippen LogP contribution in [0.25, 0.3) is 0 Å². The van der Waals surface area contributed by atoms with E-state index in [4.69, 9.17) is 5.73 Å². The lowest BCUT2D eigenvalue weighted by Gasteiger charge is -2.15. The molecule has 124 valence electrons. The van der Waals surface area contributed by atoms with Gasteiger partial charge in [0.1, 0.15) is 0 Å². The fourth-order valence-corrected chi connectivity index (χ4v) is 2.41. The van der Waals surface area contributed by atoms with E-state index in [-0.39, 0.29) is 24.2 Å². The van der Waals surface area contributed by atoms with Gasteiger partial charge in [-0.15, -0.1) is 12.4 Å². The van der Waals surface area contributed by atoms with Crippen LogP contribution in [-0.4, -0.2) is 12.5 Å². The van der Waals surface area contributed by atoms with Crippen molar-refractivity contribution in [2.75, 3.05) is 6.54 Å². The average molecular weight is 333 g/mol. The number of carbonyl (C=O) groups excluding carboxylic acids is 1. The highest BCUT2D eigenvalue weighted by Crippen LogP contribution is 2.16. The number of nitrogens with one attached hydrogen (secondary N) is 1. The van der Waals surface area contributed by atoms with Crippen molar-refractivity contribution < 1.29 is 4.79 Å². The van der Waals surface area contributed by atoms with Crippen LogP contribution < -0.4 is 11.1 Å². The molecule has 0 saturated heterocycles. The van der Waals surface area contributed by atoms with Gasteiger partial charge in [-0.3, -0.25) is 4.79 Å². The predicted molar refractivity (Wildman–Crippen MR) is 97.9 cm³/mol. The van der Waals surface area contributed by atoms with Gasteiger partial charge in [-0.1, -0.05) is 68.4 Å². The molecule has 3 N–H and O–H groups in total. The Morgan fingerprint density at radius 3 is 2.13 bits per heavy atom. The second-order valence-corrected chi connectivity index (χ2v) is 5.81. The summed E-state index contributed by atoms with van der Waals surface area (Å²) in [6.45, 7) is 5.17. The first kappa shape index (κ1) is 19.2. The average Bonchev–Trinajstić information content (AvgIpc) is 2.55. The molecule has 3 nitrogen and oxygen atoms in total. The fraction of sp³-hybridized carbons (Fsp3) is 0.316. The predicted octanol–water partition coefficient (Wildman–Crippen LogP) is 3.59. The Labute approximate surface area is 144 Å². The third kappa shape index (κ3) is 5.38. The lowest BCUT2D eigenvalue weighted by Crippen LogP contribution is -2.33. The Kier molecular flexibility index (Phi) is 7.79. The van der Waals surface area contributed by atoms with Gasteiger partial charge in [0.25, 0.3) is 0 Å². The van der Waals surface area contributed by atoms with E-state index >= 15 is 0 Å². The van der Waals surface area contributed by atoms with Crippen LogP contribution in [0.3, 0.4) is 0 Å². The minimum atomic E-state index is -0.295. The topological polar surface area (TPSA) is 55.1 Å². The molecule has 0 fully saturated rings. The summed E-state index contributed by atoms with van der Waals surface area (Å²) in [5, 5.41) is 2.98. The first-order valence-corrected chi connectivity index (χ1v) is 7.73. The molecule has 0 heterocycles. The van der Waals surface area contributed by atoms with Gasteiger partial charge in [-0.25, -0.2) is 0 Å². The van der Waals surface area contributed by atoms with Crippen molar-refractivity contribution in [3.63, 3.8) is 0 Å². The maximum absolute atomic E-state index is 12.3. The third-order valence-corrected chi connectivity index (χ3v) is 3.87. The summed E-state index contributed by atoms with van der Waals surface area (Å²) < 4.78 is 0. The quantitative estimate of drug-likeness (QED) is 0.849. The Hall–Kier alpha value is -1.84. The van der Waals surface area contributed by atoms with Gasteiger partial charge < -0.3 is 11.1 Å². The monoisotopic (exact) mass is 332 g/mol. The van der Waals surface area contributed by atoms with Crippen LogP contribution >= 0.6 is 12.4 Å². The molecule has 1 unspecified atom stereocenters. The molecule has 0 aliphatic carbocycles. The van der Waals surface area contributed by atoms with Gasteiger partial charge in [-0.2, -0.15) is 0 Å². The molecule has 23 heavy (non-hydrogen) atoms. The van der Waals surface area contributed by atoms with E-state index in [1.165, 1.54) is 5.56 Å². The second kappa shape index (κ2) is 9.33. The van der Waals surface area contributed by atoms with E-state index < -0.39 is 0 Å². The Morgan fingerprint density at radius 1 is 1.00 bits per heavy atom. The number of carbonyl (C=O) groups is 1. The molecule has 4 heteroatoms. The molecular formula is C19H25ClN2O. The molecule has 2 aromatic rings. The minimum absolute atomic E-state index is 0. The highest BCUT2D eigenvalue weighted by molar-refractivity contribution is 5.85. The van der Waals surface area contributed by atoms with Gasteiger partial charge >= 0.3 is 0 Å². The van der Waals surface area contributed by atoms with Crippen molar-refractivity contribution in [3.05, 3.63) is 71.3 Å². The second-order valence-electron chi connectivity index (χ2n) is 5.81. The maximum Gasteiger partial charge on any atom is 0.229 e. The summed E-state index contributed by atoms with van der Waals surface area (Å²) in [4.78, 5) is 12.3. The summed E-state index contributed by atoms with van der Waals surface area (Å²) >= 11 is 0. The van der Waals surface area contributed by atoms with Crippen LogP contribution in [0.5, 0.6) is 0 Å². The number of amides is 1. The van der Waals surface area contributed by atoms with Crippen LogP contribution in [0.4, 0.5) is 0 Å². The summed E-state index contributed by atoms with van der Waals surface area (Å²) in [6.07, 6.45) is 0. The number of benzene rings is 2. The molecule has 0 aliphatic heterocycles. The summed E-state index contributed by atoms with van der Waals surface area (Å²) in [6, 6.07) is 18.0. The summed E-state index contributed by atoms with van der Waals surface area (Å²) in [5.41, 5.74) is 9.13. The van der Waals surface area contributed by atoms with Gasteiger partial charge in [0.15, 0.2) is 0 Å². The SMILES string of the molecule is CC(C)c1ccc(CNC(=O)C(CN)c2ccccc2)cc1.Cl. The standard InChI is InChI=1S/C19H24N2O.ClH/c1-14(2)16-10-8-15(9-11-16)13-21-19(22)18(12-20)17-6-4-3-5-7-17;/h3-11,14,18H,12-13,20H2,1-2H3,(H,21,22);1H. The molecule has 0 aromatic heterocycles. The molecule has 2 aromatic carbocycles. The third-order valence-electron chi connectivity index (χ3n) is 3.87. The lowest BCUT2D eigenvalue weighted by molar-refractivity contribution is -0.122. The van der Waals surface area contributed by atoms with Crippen LogP contribution in [0.1, 0.15) is 42.4 Å². The maximum atomic E-state index is 12.3. The Bertz CT molecular complexity index is 597. The molecule has 2 rings (SSSR count). The summed E-state index contributed by atoms with van der Waals surface area (Å²) in [7, 11) is 0. The van der Waals surface area contributed by atoms with E-state index in [9.17, 15) is 4.79 Å². The zero-order valence-corrected chi connectivity index (χ0v) is 14.5. The Balaban J connectivity index is 0.00000264. The van der Waals surface area contributed by atoms with E-state index in [1.54, 1.807) is 0 Å². The number of rotatable bonds is 6. The molecule has 0 bridgehead atoms. The highest BCUT2D eigenvalue weighted by atomic mass is 35.5. The zero-order valence-electron chi connectivity index (χ0n) is 13.7. The smallest absolute Gasteiger partial charge is 0.229 e. The van der Waals surface area contributed by atoms with E-state index in [1.807, 2.05) is 30.3 Å². The van der Waals surface area contributed by atoms with Crippen LogP contribution in [0, 0.1) is 0 Å². The molecule has 0 spiro atoms. The number of nitrogens with two attached hydrogens (primary N) is 1. The normalized spacial score (nSPS) is 11.7. The Morgan fingerprint density at radius 2 is 1.61 bits per heavy atom. The molecule has 0 radical (unpaired) electrons. The van der Waals surface area contributed by atoms with E-state index in [2.05, 4.69) is 43.4 Å². The molecule has 0 saturated carbocycles. The number of halogens is 1. The molecular weight excluding hydrogens is 308 g/mol. The first-order chi connectivity index (χ1) is 10.6. The van der Waals surface area contributed by atoms with Crippen molar-refractivity contribution in [3.8, 4) is 0 Å². The van der Waals surface area contributed by atoms with E-state index in [0.717, 1.165) is 11.1 Å². The van der Waals surface area contributed by atoms with Gasteiger partial charge in [-0.05, 0) is 22.6 Å². The van der Waals surface area contributed by atoms with Crippen LogP contribution in [0.2, 0.25) is 0 Å². The minimum Gasteiger partial charge on any atom is -0.351 e. The van der Waals surface area contributed by atoms with Gasteiger partial charge in [0, 0.05) is 13.1 Å².